The molecule has 2 rings (SSSR count). The number of hydrogen-bond donors (Lipinski definition) is 0. The monoisotopic (exact) mass is 320 g/mol. The Morgan fingerprint density at radius 2 is 1.90 bits per heavy atom. The average molecular weight is 321 g/mol. The molecule has 6 heteroatoms. The van der Waals surface area contributed by atoms with E-state index in [9.17, 15) is 9.59 Å². The van der Waals surface area contributed by atoms with Crippen LogP contribution in [-0.2, 0) is 9.59 Å². The van der Waals surface area contributed by atoms with Crippen molar-refractivity contribution in [2.45, 2.75) is 51.0 Å². The van der Waals surface area contributed by atoms with E-state index >= 15 is 0 Å². The van der Waals surface area contributed by atoms with E-state index in [-0.39, 0.29) is 23.1 Å². The minimum absolute atomic E-state index is 0.0109. The molecule has 0 aromatic heterocycles. The number of nitrogens with zero attached hydrogens (tertiary/aromatic N) is 2. The van der Waals surface area contributed by atoms with Gasteiger partial charge in [-0.1, -0.05) is 44.0 Å². The Hall–Kier alpha value is -0.480. The minimum Gasteiger partial charge on any atom is -0.319 e. The van der Waals surface area contributed by atoms with Gasteiger partial charge in [0, 0.05) is 24.4 Å². The molecule has 0 aromatic carbocycles. The predicted molar refractivity (Wildman–Crippen MR) is 79.5 cm³/mol. The molecule has 20 heavy (non-hydrogen) atoms. The first-order valence-electron chi connectivity index (χ1n) is 7.00. The summed E-state index contributed by atoms with van der Waals surface area (Å²) < 4.78 is 0. The van der Waals surface area contributed by atoms with Gasteiger partial charge in [-0.3, -0.25) is 9.59 Å². The van der Waals surface area contributed by atoms with Crippen LogP contribution in [0.15, 0.2) is 0 Å². The zero-order chi connectivity index (χ0) is 15.3. The molecule has 2 atom stereocenters. The third kappa shape index (κ3) is 2.52. The van der Waals surface area contributed by atoms with Crippen molar-refractivity contribution in [2.24, 2.45) is 11.3 Å². The van der Waals surface area contributed by atoms with Crippen molar-refractivity contribution >= 4 is 35.0 Å². The summed E-state index contributed by atoms with van der Waals surface area (Å²) in [5.74, 6) is -0.183. The Morgan fingerprint density at radius 3 is 2.45 bits per heavy atom. The molecule has 0 spiro atoms. The summed E-state index contributed by atoms with van der Waals surface area (Å²) in [6.45, 7) is 9.22. The highest BCUT2D eigenvalue weighted by atomic mass is 35.5. The van der Waals surface area contributed by atoms with Crippen molar-refractivity contribution in [3.05, 3.63) is 0 Å². The fourth-order valence-corrected chi connectivity index (χ4v) is 3.53. The second-order valence-electron chi connectivity index (χ2n) is 6.97. The second kappa shape index (κ2) is 5.06. The first-order valence-corrected chi connectivity index (χ1v) is 7.87. The van der Waals surface area contributed by atoms with Crippen LogP contribution in [0.4, 0.5) is 0 Å². The van der Waals surface area contributed by atoms with Crippen molar-refractivity contribution in [3.63, 3.8) is 0 Å². The molecule has 0 saturated carbocycles. The van der Waals surface area contributed by atoms with E-state index in [4.69, 9.17) is 23.2 Å². The van der Waals surface area contributed by atoms with Gasteiger partial charge in [0.1, 0.15) is 5.66 Å². The van der Waals surface area contributed by atoms with Gasteiger partial charge >= 0.3 is 0 Å². The quantitative estimate of drug-likeness (QED) is 0.697. The lowest BCUT2D eigenvalue weighted by Crippen LogP contribution is -2.72. The number of piperidine rings is 1. The zero-order valence-electron chi connectivity index (χ0n) is 12.4. The predicted octanol–water partition coefficient (Wildman–Crippen LogP) is 2.63. The molecule has 0 aliphatic carbocycles. The Morgan fingerprint density at radius 1 is 1.30 bits per heavy atom. The lowest BCUT2D eigenvalue weighted by atomic mass is 9.79. The van der Waals surface area contributed by atoms with Gasteiger partial charge in [0.15, 0.2) is 4.84 Å². The van der Waals surface area contributed by atoms with Gasteiger partial charge in [-0.15, -0.1) is 0 Å². The van der Waals surface area contributed by atoms with Crippen molar-refractivity contribution in [2.75, 3.05) is 13.1 Å². The summed E-state index contributed by atoms with van der Waals surface area (Å²) in [5, 5.41) is 0. The minimum atomic E-state index is -1.09. The third-order valence-corrected chi connectivity index (χ3v) is 4.90. The number of carbonyl (C=O) groups excluding carboxylic acids is 2. The van der Waals surface area contributed by atoms with Crippen LogP contribution in [-0.4, -0.2) is 45.2 Å². The van der Waals surface area contributed by atoms with Gasteiger partial charge in [-0.05, 0) is 19.8 Å². The molecule has 0 N–H and O–H groups in total. The Labute approximate surface area is 130 Å². The Bertz CT molecular complexity index is 439. The number of hydrogen-bond acceptors (Lipinski definition) is 2. The van der Waals surface area contributed by atoms with Crippen LogP contribution in [0.5, 0.6) is 0 Å². The van der Waals surface area contributed by atoms with Crippen molar-refractivity contribution in [1.29, 1.82) is 0 Å². The largest absolute Gasteiger partial charge is 0.319 e. The third-order valence-electron chi connectivity index (χ3n) is 4.53. The normalized spacial score (nSPS) is 33.4. The molecule has 2 fully saturated rings. The SMILES string of the molecule is CC1CCC2(C)N(C(=O)C(Cl)Cl)CC(C)(C)CN2C1=O. The van der Waals surface area contributed by atoms with Gasteiger partial charge < -0.3 is 9.80 Å². The molecule has 2 aliphatic rings. The summed E-state index contributed by atoms with van der Waals surface area (Å²) in [7, 11) is 0. The standard InChI is InChI=1S/C14H22Cl2N2O2/c1-9-5-6-14(4)17(11(9)19)7-13(2,3)8-18(14)12(20)10(15)16/h9-10H,5-8H2,1-4H3. The van der Waals surface area contributed by atoms with E-state index in [2.05, 4.69) is 13.8 Å². The fraction of sp³-hybridized carbons (Fsp3) is 0.857. The van der Waals surface area contributed by atoms with E-state index < -0.39 is 10.5 Å². The number of halogens is 2. The number of fused-ring (bicyclic) bond motifs is 1. The van der Waals surface area contributed by atoms with Crippen LogP contribution in [0.25, 0.3) is 0 Å². The molecule has 0 aromatic rings. The van der Waals surface area contributed by atoms with Crippen LogP contribution in [0.3, 0.4) is 0 Å². The van der Waals surface area contributed by atoms with Crippen molar-refractivity contribution in [1.82, 2.24) is 9.80 Å². The lowest BCUT2D eigenvalue weighted by molar-refractivity contribution is -0.185. The van der Waals surface area contributed by atoms with E-state index in [0.717, 1.165) is 12.8 Å². The first kappa shape index (κ1) is 15.9. The molecule has 4 nitrogen and oxygen atoms in total. The maximum atomic E-state index is 12.5. The zero-order valence-corrected chi connectivity index (χ0v) is 14.0. The number of amides is 2. The number of carbonyl (C=O) groups is 2. The Kier molecular flexibility index (Phi) is 4.02. The summed E-state index contributed by atoms with van der Waals surface area (Å²) in [5.41, 5.74) is -0.761. The molecular weight excluding hydrogens is 299 g/mol. The topological polar surface area (TPSA) is 40.6 Å². The number of rotatable bonds is 1. The molecule has 114 valence electrons. The van der Waals surface area contributed by atoms with Gasteiger partial charge in [-0.25, -0.2) is 0 Å². The van der Waals surface area contributed by atoms with Crippen molar-refractivity contribution in [3.8, 4) is 0 Å². The first-order chi connectivity index (χ1) is 9.08. The van der Waals surface area contributed by atoms with E-state index in [1.165, 1.54) is 0 Å². The smallest absolute Gasteiger partial charge is 0.257 e. The van der Waals surface area contributed by atoms with Crippen LogP contribution in [0.2, 0.25) is 0 Å². The maximum absolute atomic E-state index is 12.5. The highest BCUT2D eigenvalue weighted by Gasteiger charge is 2.53. The van der Waals surface area contributed by atoms with Gasteiger partial charge in [0.2, 0.25) is 5.91 Å². The molecular formula is C14H22Cl2N2O2. The van der Waals surface area contributed by atoms with Crippen LogP contribution in [0, 0.1) is 11.3 Å². The molecule has 0 bridgehead atoms. The van der Waals surface area contributed by atoms with Crippen LogP contribution >= 0.6 is 23.2 Å². The van der Waals surface area contributed by atoms with Gasteiger partial charge in [0.05, 0.1) is 0 Å². The lowest BCUT2D eigenvalue weighted by Gasteiger charge is -2.59. The van der Waals surface area contributed by atoms with Gasteiger partial charge in [-0.2, -0.15) is 0 Å². The maximum Gasteiger partial charge on any atom is 0.257 e. The molecule has 2 heterocycles. The second-order valence-corrected chi connectivity index (χ2v) is 8.07. The molecule has 2 amide bonds. The summed E-state index contributed by atoms with van der Waals surface area (Å²) in [6, 6.07) is 0. The van der Waals surface area contributed by atoms with E-state index in [1.54, 1.807) is 4.90 Å². The molecule has 2 unspecified atom stereocenters. The fourth-order valence-electron chi connectivity index (χ4n) is 3.29. The Balaban J connectivity index is 2.41. The van der Waals surface area contributed by atoms with Crippen molar-refractivity contribution < 1.29 is 9.59 Å². The summed E-state index contributed by atoms with van der Waals surface area (Å²) in [6.07, 6.45) is 1.55. The van der Waals surface area contributed by atoms with E-state index in [0.29, 0.717) is 13.1 Å². The van der Waals surface area contributed by atoms with Crippen LogP contribution < -0.4 is 0 Å². The average Bonchev–Trinajstić information content (AvgIpc) is 2.35. The highest BCUT2D eigenvalue weighted by molar-refractivity contribution is 6.53. The molecule has 2 aliphatic heterocycles. The van der Waals surface area contributed by atoms with E-state index in [1.807, 2.05) is 18.7 Å². The highest BCUT2D eigenvalue weighted by Crippen LogP contribution is 2.42. The van der Waals surface area contributed by atoms with Gasteiger partial charge in [0.25, 0.3) is 5.91 Å². The van der Waals surface area contributed by atoms with Crippen LogP contribution in [0.1, 0.15) is 40.5 Å². The summed E-state index contributed by atoms with van der Waals surface area (Å²) in [4.78, 5) is 27.3. The molecule has 0 radical (unpaired) electrons. The molecule has 2 saturated heterocycles. The number of alkyl halides is 2. The summed E-state index contributed by atoms with van der Waals surface area (Å²) >= 11 is 11.6.